The summed E-state index contributed by atoms with van der Waals surface area (Å²) >= 11 is 0. The quantitative estimate of drug-likeness (QED) is 0.769. The van der Waals surface area contributed by atoms with Gasteiger partial charge < -0.3 is 10.2 Å². The molecule has 0 saturated heterocycles. The third-order valence-electron chi connectivity index (χ3n) is 3.31. The van der Waals surface area contributed by atoms with Crippen LogP contribution in [0.15, 0.2) is 22.8 Å². The number of nitrogens with two attached hydrogens (primary N) is 1. The van der Waals surface area contributed by atoms with Crippen molar-refractivity contribution in [2.75, 3.05) is 13.1 Å². The largest absolute Gasteiger partial charge is 0.468 e. The Bertz CT molecular complexity index is 293. The molecule has 0 bridgehead atoms. The van der Waals surface area contributed by atoms with Gasteiger partial charge in [0.15, 0.2) is 0 Å². The molecule has 90 valence electrons. The average Bonchev–Trinajstić information content (AvgIpc) is 3.02. The molecule has 1 saturated carbocycles. The first-order chi connectivity index (χ1) is 7.79. The van der Waals surface area contributed by atoms with E-state index in [2.05, 4.69) is 17.9 Å². The van der Waals surface area contributed by atoms with Crippen LogP contribution < -0.4 is 5.73 Å². The second-order valence-electron chi connectivity index (χ2n) is 4.91. The van der Waals surface area contributed by atoms with Gasteiger partial charge in [-0.2, -0.15) is 0 Å². The maximum absolute atomic E-state index is 5.65. The Morgan fingerprint density at radius 3 is 2.94 bits per heavy atom. The summed E-state index contributed by atoms with van der Waals surface area (Å²) < 4.78 is 5.41. The zero-order valence-electron chi connectivity index (χ0n) is 10.1. The Balaban J connectivity index is 1.81. The minimum atomic E-state index is 0.623. The van der Waals surface area contributed by atoms with Crippen molar-refractivity contribution < 1.29 is 4.42 Å². The van der Waals surface area contributed by atoms with E-state index in [1.54, 1.807) is 6.26 Å². The van der Waals surface area contributed by atoms with Crippen LogP contribution in [-0.4, -0.2) is 24.0 Å². The highest BCUT2D eigenvalue weighted by molar-refractivity contribution is 4.99. The highest BCUT2D eigenvalue weighted by Gasteiger charge is 2.29. The van der Waals surface area contributed by atoms with Crippen molar-refractivity contribution in [2.24, 2.45) is 11.7 Å². The zero-order valence-corrected chi connectivity index (χ0v) is 10.1. The van der Waals surface area contributed by atoms with E-state index in [1.165, 1.54) is 19.3 Å². The molecule has 1 heterocycles. The van der Waals surface area contributed by atoms with E-state index < -0.39 is 0 Å². The predicted octanol–water partition coefficient (Wildman–Crippen LogP) is 2.23. The van der Waals surface area contributed by atoms with Crippen LogP contribution in [0.1, 0.15) is 31.9 Å². The fraction of sp³-hybridized carbons (Fsp3) is 0.692. The first-order valence-corrected chi connectivity index (χ1v) is 6.26. The molecule has 3 heteroatoms. The van der Waals surface area contributed by atoms with Crippen LogP contribution in [0.2, 0.25) is 0 Å². The Morgan fingerprint density at radius 2 is 2.38 bits per heavy atom. The van der Waals surface area contributed by atoms with Crippen LogP contribution in [0.4, 0.5) is 0 Å². The van der Waals surface area contributed by atoms with E-state index >= 15 is 0 Å². The SMILES string of the molecule is CC(CN)CCN(Cc1ccco1)C1CC1. The molecule has 2 rings (SSSR count). The fourth-order valence-corrected chi connectivity index (χ4v) is 1.94. The summed E-state index contributed by atoms with van der Waals surface area (Å²) in [5.74, 6) is 1.70. The summed E-state index contributed by atoms with van der Waals surface area (Å²) in [4.78, 5) is 2.53. The van der Waals surface area contributed by atoms with Gasteiger partial charge in [0.1, 0.15) is 5.76 Å². The predicted molar refractivity (Wildman–Crippen MR) is 65.0 cm³/mol. The van der Waals surface area contributed by atoms with Crippen LogP contribution in [0, 0.1) is 5.92 Å². The number of hydrogen-bond acceptors (Lipinski definition) is 3. The van der Waals surface area contributed by atoms with Crippen molar-refractivity contribution in [1.82, 2.24) is 4.90 Å². The van der Waals surface area contributed by atoms with Crippen molar-refractivity contribution in [2.45, 2.75) is 38.8 Å². The smallest absolute Gasteiger partial charge is 0.117 e. The fourth-order valence-electron chi connectivity index (χ4n) is 1.94. The summed E-state index contributed by atoms with van der Waals surface area (Å²) in [6.07, 6.45) is 5.63. The third-order valence-corrected chi connectivity index (χ3v) is 3.31. The third kappa shape index (κ3) is 3.35. The Labute approximate surface area is 97.6 Å². The van der Waals surface area contributed by atoms with E-state index in [0.29, 0.717) is 5.92 Å². The lowest BCUT2D eigenvalue weighted by Crippen LogP contribution is -2.28. The summed E-state index contributed by atoms with van der Waals surface area (Å²) in [5, 5.41) is 0. The standard InChI is InChI=1S/C13H22N2O/c1-11(9-14)6-7-15(12-4-5-12)10-13-3-2-8-16-13/h2-3,8,11-12H,4-7,9-10,14H2,1H3. The number of rotatable bonds is 7. The monoisotopic (exact) mass is 222 g/mol. The lowest BCUT2D eigenvalue weighted by atomic mass is 10.1. The van der Waals surface area contributed by atoms with Gasteiger partial charge in [-0.15, -0.1) is 0 Å². The van der Waals surface area contributed by atoms with Crippen molar-refractivity contribution >= 4 is 0 Å². The number of hydrogen-bond donors (Lipinski definition) is 1. The lowest BCUT2D eigenvalue weighted by molar-refractivity contribution is 0.219. The topological polar surface area (TPSA) is 42.4 Å². The van der Waals surface area contributed by atoms with Crippen LogP contribution in [0.5, 0.6) is 0 Å². The molecule has 3 nitrogen and oxygen atoms in total. The highest BCUT2D eigenvalue weighted by Crippen LogP contribution is 2.28. The lowest BCUT2D eigenvalue weighted by Gasteiger charge is -2.22. The first kappa shape index (κ1) is 11.7. The second kappa shape index (κ2) is 5.51. The molecule has 1 aromatic rings. The molecule has 0 amide bonds. The molecule has 2 N–H and O–H groups in total. The summed E-state index contributed by atoms with van der Waals surface area (Å²) in [5.41, 5.74) is 5.65. The maximum atomic E-state index is 5.65. The minimum Gasteiger partial charge on any atom is -0.468 e. The van der Waals surface area contributed by atoms with E-state index in [1.807, 2.05) is 6.07 Å². The molecule has 0 radical (unpaired) electrons. The van der Waals surface area contributed by atoms with Crippen molar-refractivity contribution in [1.29, 1.82) is 0 Å². The van der Waals surface area contributed by atoms with Gasteiger partial charge in [-0.3, -0.25) is 4.90 Å². The van der Waals surface area contributed by atoms with Gasteiger partial charge in [-0.25, -0.2) is 0 Å². The molecule has 1 atom stereocenters. The average molecular weight is 222 g/mol. The molecule has 1 aliphatic rings. The van der Waals surface area contributed by atoms with E-state index in [9.17, 15) is 0 Å². The molecule has 16 heavy (non-hydrogen) atoms. The van der Waals surface area contributed by atoms with E-state index in [4.69, 9.17) is 10.2 Å². The van der Waals surface area contributed by atoms with E-state index in [-0.39, 0.29) is 0 Å². The molecule has 1 aliphatic carbocycles. The molecular formula is C13H22N2O. The van der Waals surface area contributed by atoms with Crippen molar-refractivity contribution in [3.63, 3.8) is 0 Å². The molecule has 0 aliphatic heterocycles. The van der Waals surface area contributed by atoms with Crippen molar-refractivity contribution in [3.8, 4) is 0 Å². The Kier molecular flexibility index (Phi) is 4.02. The molecular weight excluding hydrogens is 200 g/mol. The summed E-state index contributed by atoms with van der Waals surface area (Å²) in [6, 6.07) is 4.81. The van der Waals surface area contributed by atoms with Gasteiger partial charge in [0.25, 0.3) is 0 Å². The van der Waals surface area contributed by atoms with Crippen molar-refractivity contribution in [3.05, 3.63) is 24.2 Å². The van der Waals surface area contributed by atoms with Crippen LogP contribution in [-0.2, 0) is 6.54 Å². The second-order valence-corrected chi connectivity index (χ2v) is 4.91. The van der Waals surface area contributed by atoms with Gasteiger partial charge in [-0.05, 0) is 50.4 Å². The van der Waals surface area contributed by atoms with Gasteiger partial charge in [0.05, 0.1) is 12.8 Å². The molecule has 1 unspecified atom stereocenters. The molecule has 1 aromatic heterocycles. The summed E-state index contributed by atoms with van der Waals surface area (Å²) in [6.45, 7) is 5.11. The Morgan fingerprint density at radius 1 is 1.56 bits per heavy atom. The Hall–Kier alpha value is -0.800. The molecule has 0 aromatic carbocycles. The van der Waals surface area contributed by atoms with Crippen LogP contribution in [0.3, 0.4) is 0 Å². The first-order valence-electron chi connectivity index (χ1n) is 6.26. The highest BCUT2D eigenvalue weighted by atomic mass is 16.3. The van der Waals surface area contributed by atoms with Gasteiger partial charge in [0.2, 0.25) is 0 Å². The van der Waals surface area contributed by atoms with Crippen LogP contribution in [0.25, 0.3) is 0 Å². The van der Waals surface area contributed by atoms with Gasteiger partial charge in [-0.1, -0.05) is 6.92 Å². The number of nitrogens with zero attached hydrogens (tertiary/aromatic N) is 1. The zero-order chi connectivity index (χ0) is 11.4. The minimum absolute atomic E-state index is 0.623. The molecule has 1 fully saturated rings. The summed E-state index contributed by atoms with van der Waals surface area (Å²) in [7, 11) is 0. The van der Waals surface area contributed by atoms with Gasteiger partial charge in [0, 0.05) is 6.04 Å². The normalized spacial score (nSPS) is 17.9. The van der Waals surface area contributed by atoms with Crippen LogP contribution >= 0.6 is 0 Å². The molecule has 0 spiro atoms. The van der Waals surface area contributed by atoms with Gasteiger partial charge >= 0.3 is 0 Å². The van der Waals surface area contributed by atoms with E-state index in [0.717, 1.165) is 31.4 Å². The number of furan rings is 1. The maximum Gasteiger partial charge on any atom is 0.117 e.